The molecule has 50 valence electrons. The Labute approximate surface area is 56.4 Å². The molecule has 1 saturated heterocycles. The maximum absolute atomic E-state index is 2.43. The van der Waals surface area contributed by atoms with Crippen molar-refractivity contribution in [2.75, 3.05) is 6.54 Å². The molecule has 2 aliphatic rings. The van der Waals surface area contributed by atoms with Crippen molar-refractivity contribution in [2.45, 2.75) is 31.7 Å². The summed E-state index contributed by atoms with van der Waals surface area (Å²) in [6, 6.07) is 0. The first-order valence-electron chi connectivity index (χ1n) is 3.75. The highest BCUT2D eigenvalue weighted by Crippen LogP contribution is 2.38. The molecule has 0 spiro atoms. The average molecular weight is 123 g/mol. The first-order chi connectivity index (χ1) is 4.31. The SMILES string of the molecule is C[C@@]12CCCC=CN1C2. The van der Waals surface area contributed by atoms with Crippen LogP contribution in [0.2, 0.25) is 0 Å². The smallest absolute Gasteiger partial charge is 0.0544 e. The minimum Gasteiger partial charge on any atom is -0.368 e. The van der Waals surface area contributed by atoms with Crippen molar-refractivity contribution in [1.29, 1.82) is 0 Å². The molecular weight excluding hydrogens is 110 g/mol. The van der Waals surface area contributed by atoms with Gasteiger partial charge in [-0.3, -0.25) is 0 Å². The van der Waals surface area contributed by atoms with Crippen LogP contribution in [0.3, 0.4) is 0 Å². The van der Waals surface area contributed by atoms with E-state index in [2.05, 4.69) is 24.1 Å². The van der Waals surface area contributed by atoms with Crippen LogP contribution in [0.1, 0.15) is 26.2 Å². The quantitative estimate of drug-likeness (QED) is 0.443. The fourth-order valence-electron chi connectivity index (χ4n) is 1.59. The molecule has 1 atom stereocenters. The Morgan fingerprint density at radius 3 is 3.33 bits per heavy atom. The Hall–Kier alpha value is -0.460. The summed E-state index contributed by atoms with van der Waals surface area (Å²) >= 11 is 0. The van der Waals surface area contributed by atoms with E-state index < -0.39 is 0 Å². The summed E-state index contributed by atoms with van der Waals surface area (Å²) in [5.74, 6) is 0. The molecule has 0 aliphatic carbocycles. The summed E-state index contributed by atoms with van der Waals surface area (Å²) < 4.78 is 0. The second-order valence-electron chi connectivity index (χ2n) is 3.40. The van der Waals surface area contributed by atoms with E-state index >= 15 is 0 Å². The van der Waals surface area contributed by atoms with Crippen LogP contribution in [-0.2, 0) is 0 Å². The zero-order chi connectivity index (χ0) is 6.32. The highest BCUT2D eigenvalue weighted by molar-refractivity contribution is 5.11. The van der Waals surface area contributed by atoms with E-state index in [1.54, 1.807) is 0 Å². The van der Waals surface area contributed by atoms with Gasteiger partial charge >= 0.3 is 0 Å². The van der Waals surface area contributed by atoms with Crippen molar-refractivity contribution in [3.8, 4) is 0 Å². The van der Waals surface area contributed by atoms with Gasteiger partial charge in [-0.25, -0.2) is 0 Å². The summed E-state index contributed by atoms with van der Waals surface area (Å²) in [5.41, 5.74) is 0.576. The fraction of sp³-hybridized carbons (Fsp3) is 0.750. The van der Waals surface area contributed by atoms with E-state index in [4.69, 9.17) is 0 Å². The summed E-state index contributed by atoms with van der Waals surface area (Å²) in [6.45, 7) is 3.64. The maximum Gasteiger partial charge on any atom is 0.0544 e. The molecule has 2 aliphatic heterocycles. The normalized spacial score (nSPS) is 39.9. The van der Waals surface area contributed by atoms with Crippen LogP contribution in [0, 0.1) is 0 Å². The lowest BCUT2D eigenvalue weighted by molar-refractivity contribution is 0.498. The van der Waals surface area contributed by atoms with Gasteiger partial charge in [0, 0.05) is 6.54 Å². The molecule has 0 aromatic carbocycles. The first-order valence-corrected chi connectivity index (χ1v) is 3.75. The number of nitrogens with zero attached hydrogens (tertiary/aromatic N) is 1. The topological polar surface area (TPSA) is 3.01 Å². The van der Waals surface area contributed by atoms with Crippen LogP contribution in [0.25, 0.3) is 0 Å². The van der Waals surface area contributed by atoms with E-state index in [0.717, 1.165) is 0 Å². The highest BCUT2D eigenvalue weighted by Gasteiger charge is 2.44. The van der Waals surface area contributed by atoms with Crippen LogP contribution >= 0.6 is 0 Å². The molecule has 1 nitrogen and oxygen atoms in total. The van der Waals surface area contributed by atoms with E-state index in [0.29, 0.717) is 5.54 Å². The monoisotopic (exact) mass is 123 g/mol. The molecule has 0 bridgehead atoms. The third-order valence-corrected chi connectivity index (χ3v) is 2.47. The van der Waals surface area contributed by atoms with E-state index in [-0.39, 0.29) is 0 Å². The Morgan fingerprint density at radius 2 is 2.44 bits per heavy atom. The van der Waals surface area contributed by atoms with Crippen molar-refractivity contribution in [3.05, 3.63) is 12.3 Å². The van der Waals surface area contributed by atoms with Gasteiger partial charge in [-0.15, -0.1) is 0 Å². The predicted molar refractivity (Wildman–Crippen MR) is 38.1 cm³/mol. The van der Waals surface area contributed by atoms with Gasteiger partial charge < -0.3 is 4.90 Å². The van der Waals surface area contributed by atoms with E-state index in [9.17, 15) is 0 Å². The third-order valence-electron chi connectivity index (χ3n) is 2.47. The minimum absolute atomic E-state index is 0.576. The molecule has 0 unspecified atom stereocenters. The summed E-state index contributed by atoms with van der Waals surface area (Å²) in [4.78, 5) is 2.43. The molecule has 0 aromatic rings. The lowest BCUT2D eigenvalue weighted by Gasteiger charge is -2.04. The molecule has 2 heterocycles. The second-order valence-corrected chi connectivity index (χ2v) is 3.40. The van der Waals surface area contributed by atoms with Crippen LogP contribution in [0.5, 0.6) is 0 Å². The molecule has 0 N–H and O–H groups in total. The maximum atomic E-state index is 2.43. The lowest BCUT2D eigenvalue weighted by atomic mass is 10.1. The zero-order valence-electron chi connectivity index (χ0n) is 5.93. The number of allylic oxidation sites excluding steroid dienone is 1. The van der Waals surface area contributed by atoms with Gasteiger partial charge in [0.05, 0.1) is 5.54 Å². The first kappa shape index (κ1) is 5.33. The minimum atomic E-state index is 0.576. The van der Waals surface area contributed by atoms with Gasteiger partial charge in [0.25, 0.3) is 0 Å². The lowest BCUT2D eigenvalue weighted by Crippen LogP contribution is -2.07. The molecule has 1 fully saturated rings. The van der Waals surface area contributed by atoms with Crippen molar-refractivity contribution in [2.24, 2.45) is 0 Å². The van der Waals surface area contributed by atoms with Gasteiger partial charge in [-0.2, -0.15) is 0 Å². The van der Waals surface area contributed by atoms with Crippen LogP contribution < -0.4 is 0 Å². The Morgan fingerprint density at radius 1 is 1.56 bits per heavy atom. The van der Waals surface area contributed by atoms with Gasteiger partial charge in [-0.05, 0) is 32.4 Å². The van der Waals surface area contributed by atoms with E-state index in [1.807, 2.05) is 0 Å². The highest BCUT2D eigenvalue weighted by atomic mass is 15.3. The van der Waals surface area contributed by atoms with Gasteiger partial charge in [0.1, 0.15) is 0 Å². The molecule has 0 amide bonds. The van der Waals surface area contributed by atoms with Crippen LogP contribution in [-0.4, -0.2) is 17.0 Å². The Bertz CT molecular complexity index is 151. The summed E-state index contributed by atoms with van der Waals surface area (Å²) in [7, 11) is 0. The van der Waals surface area contributed by atoms with Crippen molar-refractivity contribution < 1.29 is 0 Å². The third kappa shape index (κ3) is 0.752. The van der Waals surface area contributed by atoms with Crippen molar-refractivity contribution >= 4 is 0 Å². The van der Waals surface area contributed by atoms with Crippen molar-refractivity contribution in [1.82, 2.24) is 4.90 Å². The molecular formula is C8H13N. The largest absolute Gasteiger partial charge is 0.368 e. The molecule has 1 heteroatoms. The van der Waals surface area contributed by atoms with Gasteiger partial charge in [0.15, 0.2) is 0 Å². The van der Waals surface area contributed by atoms with Crippen molar-refractivity contribution in [3.63, 3.8) is 0 Å². The average Bonchev–Trinajstić information content (AvgIpc) is 2.40. The molecule has 0 aromatic heterocycles. The standard InChI is InChI=1S/C8H13N/c1-8-5-3-2-4-6-9(8)7-8/h4,6H,2-3,5,7H2,1H3/t8-,9?/m0/s1. The number of rotatable bonds is 0. The predicted octanol–water partition coefficient (Wildman–Crippen LogP) is 1.76. The summed E-state index contributed by atoms with van der Waals surface area (Å²) in [5, 5.41) is 0. The van der Waals surface area contributed by atoms with Gasteiger partial charge in [0.2, 0.25) is 0 Å². The van der Waals surface area contributed by atoms with E-state index in [1.165, 1.54) is 25.8 Å². The van der Waals surface area contributed by atoms with Gasteiger partial charge in [-0.1, -0.05) is 6.08 Å². The fourth-order valence-corrected chi connectivity index (χ4v) is 1.59. The second kappa shape index (κ2) is 1.53. The Kier molecular flexibility index (Phi) is 0.904. The zero-order valence-corrected chi connectivity index (χ0v) is 5.93. The number of fused-ring (bicyclic) bond motifs is 1. The number of hydrogen-bond donors (Lipinski definition) is 0. The Balaban J connectivity index is 2.12. The van der Waals surface area contributed by atoms with Crippen LogP contribution in [0.15, 0.2) is 12.3 Å². The molecule has 0 radical (unpaired) electrons. The number of hydrogen-bond acceptors (Lipinski definition) is 1. The molecule has 2 rings (SSSR count). The van der Waals surface area contributed by atoms with Crippen LogP contribution in [0.4, 0.5) is 0 Å². The molecule has 9 heavy (non-hydrogen) atoms. The molecule has 0 saturated carbocycles. The summed E-state index contributed by atoms with van der Waals surface area (Å²) in [6.07, 6.45) is 8.60.